The Morgan fingerprint density at radius 3 is 1.73 bits per heavy atom. The molecular formula is C25H23N5. The molecule has 3 aromatic carbocycles. The highest BCUT2D eigenvalue weighted by atomic mass is 15.3. The summed E-state index contributed by atoms with van der Waals surface area (Å²) >= 11 is 0. The first-order valence-electron chi connectivity index (χ1n) is 9.81. The van der Waals surface area contributed by atoms with E-state index in [1.807, 2.05) is 68.4 Å². The molecule has 0 aliphatic carbocycles. The molecule has 4 rings (SSSR count). The summed E-state index contributed by atoms with van der Waals surface area (Å²) in [6.07, 6.45) is 1.76. The van der Waals surface area contributed by atoms with Gasteiger partial charge in [-0.05, 0) is 61.9 Å². The second-order valence-electron chi connectivity index (χ2n) is 6.94. The first kappa shape index (κ1) is 19.3. The standard InChI is InChI=1S/C25H23N5/c1-19-17-20(2)28-25(27-19)29-26-18-21-13-15-24(16-14-21)30(22-9-5-3-6-10-22)23-11-7-4-8-12-23/h3-18H,1-2H3,(H,27,28,29)/b26-18+. The van der Waals surface area contributed by atoms with Crippen molar-refractivity contribution < 1.29 is 0 Å². The molecule has 30 heavy (non-hydrogen) atoms. The normalized spacial score (nSPS) is 10.9. The van der Waals surface area contributed by atoms with Crippen LogP contribution in [0, 0.1) is 13.8 Å². The van der Waals surface area contributed by atoms with Crippen LogP contribution >= 0.6 is 0 Å². The van der Waals surface area contributed by atoms with E-state index >= 15 is 0 Å². The number of para-hydroxylation sites is 2. The van der Waals surface area contributed by atoms with Crippen LogP contribution in [0.15, 0.2) is 96.1 Å². The summed E-state index contributed by atoms with van der Waals surface area (Å²) in [7, 11) is 0. The van der Waals surface area contributed by atoms with Crippen molar-refractivity contribution in [1.82, 2.24) is 9.97 Å². The van der Waals surface area contributed by atoms with Crippen molar-refractivity contribution >= 4 is 29.2 Å². The first-order valence-corrected chi connectivity index (χ1v) is 9.81. The summed E-state index contributed by atoms with van der Waals surface area (Å²) in [5.74, 6) is 0.500. The van der Waals surface area contributed by atoms with E-state index in [0.717, 1.165) is 34.0 Å². The molecule has 0 unspecified atom stereocenters. The van der Waals surface area contributed by atoms with Gasteiger partial charge in [-0.15, -0.1) is 0 Å². The van der Waals surface area contributed by atoms with Gasteiger partial charge in [-0.2, -0.15) is 5.10 Å². The van der Waals surface area contributed by atoms with Gasteiger partial charge in [0.15, 0.2) is 0 Å². The molecule has 1 N–H and O–H groups in total. The van der Waals surface area contributed by atoms with Gasteiger partial charge in [0.1, 0.15) is 0 Å². The molecule has 1 heterocycles. The van der Waals surface area contributed by atoms with Crippen LogP contribution in [0.2, 0.25) is 0 Å². The minimum Gasteiger partial charge on any atom is -0.311 e. The Morgan fingerprint density at radius 1 is 0.700 bits per heavy atom. The van der Waals surface area contributed by atoms with E-state index in [0.29, 0.717) is 5.95 Å². The number of rotatable bonds is 6. The van der Waals surface area contributed by atoms with Crippen molar-refractivity contribution in [2.75, 3.05) is 10.3 Å². The molecule has 0 fully saturated rings. The molecule has 0 aliphatic rings. The van der Waals surface area contributed by atoms with Crippen LogP contribution in [0.1, 0.15) is 17.0 Å². The predicted molar refractivity (Wildman–Crippen MR) is 124 cm³/mol. The van der Waals surface area contributed by atoms with E-state index in [1.54, 1.807) is 6.21 Å². The van der Waals surface area contributed by atoms with Crippen molar-refractivity contribution in [3.63, 3.8) is 0 Å². The van der Waals surface area contributed by atoms with Gasteiger partial charge in [0.2, 0.25) is 5.95 Å². The lowest BCUT2D eigenvalue weighted by Gasteiger charge is -2.25. The zero-order chi connectivity index (χ0) is 20.8. The van der Waals surface area contributed by atoms with Crippen molar-refractivity contribution in [3.8, 4) is 0 Å². The summed E-state index contributed by atoms with van der Waals surface area (Å²) in [5.41, 5.74) is 9.00. The maximum atomic E-state index is 4.33. The second kappa shape index (κ2) is 9.01. The molecule has 5 nitrogen and oxygen atoms in total. The fraction of sp³-hybridized carbons (Fsp3) is 0.0800. The number of hydrogen-bond donors (Lipinski definition) is 1. The minimum absolute atomic E-state index is 0.500. The van der Waals surface area contributed by atoms with Gasteiger partial charge in [0, 0.05) is 28.5 Å². The summed E-state index contributed by atoms with van der Waals surface area (Å²) in [4.78, 5) is 10.9. The van der Waals surface area contributed by atoms with Gasteiger partial charge < -0.3 is 4.90 Å². The van der Waals surface area contributed by atoms with Gasteiger partial charge in [-0.25, -0.2) is 15.4 Å². The summed E-state index contributed by atoms with van der Waals surface area (Å²) in [6.45, 7) is 3.88. The summed E-state index contributed by atoms with van der Waals surface area (Å²) < 4.78 is 0. The lowest BCUT2D eigenvalue weighted by molar-refractivity contribution is 1.04. The second-order valence-corrected chi connectivity index (χ2v) is 6.94. The third-order valence-electron chi connectivity index (χ3n) is 4.54. The first-order chi connectivity index (χ1) is 14.7. The number of aryl methyl sites for hydroxylation is 2. The molecule has 0 spiro atoms. The third-order valence-corrected chi connectivity index (χ3v) is 4.54. The quantitative estimate of drug-likeness (QED) is 0.322. The summed E-state index contributed by atoms with van der Waals surface area (Å²) in [6, 6.07) is 30.9. The Kier molecular flexibility index (Phi) is 5.80. The Hall–Kier alpha value is -3.99. The number of nitrogens with zero attached hydrogens (tertiary/aromatic N) is 4. The fourth-order valence-corrected chi connectivity index (χ4v) is 3.25. The number of nitrogens with one attached hydrogen (secondary N) is 1. The van der Waals surface area contributed by atoms with Gasteiger partial charge in [-0.3, -0.25) is 0 Å². The molecular weight excluding hydrogens is 370 g/mol. The molecule has 148 valence electrons. The van der Waals surface area contributed by atoms with Crippen LogP contribution in [0.25, 0.3) is 0 Å². The number of hydrogen-bond acceptors (Lipinski definition) is 5. The average molecular weight is 393 g/mol. The van der Waals surface area contributed by atoms with Crippen LogP contribution in [0.5, 0.6) is 0 Å². The Balaban J connectivity index is 1.55. The smallest absolute Gasteiger partial charge is 0.243 e. The van der Waals surface area contributed by atoms with E-state index in [4.69, 9.17) is 0 Å². The van der Waals surface area contributed by atoms with Crippen molar-refractivity contribution in [3.05, 3.63) is 108 Å². The SMILES string of the molecule is Cc1cc(C)nc(N/N=C/c2ccc(N(c3ccccc3)c3ccccc3)cc2)n1. The molecule has 0 saturated carbocycles. The van der Waals surface area contributed by atoms with Crippen LogP contribution in [0.3, 0.4) is 0 Å². The number of aromatic nitrogens is 2. The Morgan fingerprint density at radius 2 is 1.20 bits per heavy atom. The minimum atomic E-state index is 0.500. The van der Waals surface area contributed by atoms with Gasteiger partial charge in [-0.1, -0.05) is 48.5 Å². The molecule has 0 saturated heterocycles. The topological polar surface area (TPSA) is 53.4 Å². The van der Waals surface area contributed by atoms with E-state index in [-0.39, 0.29) is 0 Å². The number of anilines is 4. The van der Waals surface area contributed by atoms with Crippen LogP contribution in [0.4, 0.5) is 23.0 Å². The zero-order valence-corrected chi connectivity index (χ0v) is 17.0. The summed E-state index contributed by atoms with van der Waals surface area (Å²) in [5, 5.41) is 4.27. The highest BCUT2D eigenvalue weighted by Crippen LogP contribution is 2.33. The Labute approximate surface area is 176 Å². The monoisotopic (exact) mass is 393 g/mol. The molecule has 4 aromatic rings. The van der Waals surface area contributed by atoms with Crippen molar-refractivity contribution in [2.45, 2.75) is 13.8 Å². The van der Waals surface area contributed by atoms with Crippen molar-refractivity contribution in [1.29, 1.82) is 0 Å². The van der Waals surface area contributed by atoms with Gasteiger partial charge in [0.25, 0.3) is 0 Å². The number of benzene rings is 3. The maximum Gasteiger partial charge on any atom is 0.243 e. The van der Waals surface area contributed by atoms with E-state index in [2.05, 4.69) is 61.8 Å². The van der Waals surface area contributed by atoms with Crippen molar-refractivity contribution in [2.24, 2.45) is 5.10 Å². The van der Waals surface area contributed by atoms with E-state index in [9.17, 15) is 0 Å². The fourth-order valence-electron chi connectivity index (χ4n) is 3.25. The molecule has 0 atom stereocenters. The highest BCUT2D eigenvalue weighted by molar-refractivity contribution is 5.83. The molecule has 0 radical (unpaired) electrons. The Bertz CT molecular complexity index is 1060. The van der Waals surface area contributed by atoms with Crippen LogP contribution in [-0.2, 0) is 0 Å². The lowest BCUT2D eigenvalue weighted by atomic mass is 10.1. The lowest BCUT2D eigenvalue weighted by Crippen LogP contribution is -2.09. The van der Waals surface area contributed by atoms with E-state index in [1.165, 1.54) is 0 Å². The van der Waals surface area contributed by atoms with Gasteiger partial charge in [0.05, 0.1) is 6.21 Å². The predicted octanol–water partition coefficient (Wildman–Crippen LogP) is 6.01. The van der Waals surface area contributed by atoms with E-state index < -0.39 is 0 Å². The molecule has 1 aromatic heterocycles. The molecule has 0 aliphatic heterocycles. The number of hydrazone groups is 1. The van der Waals surface area contributed by atoms with Crippen LogP contribution < -0.4 is 10.3 Å². The average Bonchev–Trinajstić information content (AvgIpc) is 2.76. The maximum absolute atomic E-state index is 4.33. The highest BCUT2D eigenvalue weighted by Gasteiger charge is 2.11. The zero-order valence-electron chi connectivity index (χ0n) is 17.0. The molecule has 0 bridgehead atoms. The van der Waals surface area contributed by atoms with Gasteiger partial charge >= 0.3 is 0 Å². The van der Waals surface area contributed by atoms with Crippen LogP contribution in [-0.4, -0.2) is 16.2 Å². The molecule has 5 heteroatoms. The largest absolute Gasteiger partial charge is 0.311 e. The third kappa shape index (κ3) is 4.70. The molecule has 0 amide bonds.